The van der Waals surface area contributed by atoms with Gasteiger partial charge in [0, 0.05) is 0 Å². The molecule has 16 heavy (non-hydrogen) atoms. The average Bonchev–Trinajstić information content (AvgIpc) is 2.17. The fourth-order valence-electron chi connectivity index (χ4n) is 1.39. The summed E-state index contributed by atoms with van der Waals surface area (Å²) in [6.45, 7) is 5.91. The summed E-state index contributed by atoms with van der Waals surface area (Å²) in [5.41, 5.74) is -0.305. The Labute approximate surface area is 96.1 Å². The van der Waals surface area contributed by atoms with E-state index in [1.165, 1.54) is 0 Å². The van der Waals surface area contributed by atoms with E-state index in [-0.39, 0.29) is 12.0 Å². The highest BCUT2D eigenvalue weighted by molar-refractivity contribution is 5.71. The van der Waals surface area contributed by atoms with Gasteiger partial charge in [0.25, 0.3) is 0 Å². The maximum absolute atomic E-state index is 11.1. The zero-order chi connectivity index (χ0) is 12.2. The Kier molecular flexibility index (Phi) is 3.93. The maximum Gasteiger partial charge on any atom is 0.310 e. The van der Waals surface area contributed by atoms with E-state index >= 15 is 0 Å². The molecule has 88 valence electrons. The van der Waals surface area contributed by atoms with Crippen LogP contribution in [0.15, 0.2) is 30.3 Å². The van der Waals surface area contributed by atoms with Crippen molar-refractivity contribution in [3.63, 3.8) is 0 Å². The Bertz CT molecular complexity index is 338. The molecule has 0 saturated heterocycles. The zero-order valence-electron chi connectivity index (χ0n) is 9.93. The third-order valence-corrected chi connectivity index (χ3v) is 2.50. The molecule has 3 heteroatoms. The zero-order valence-corrected chi connectivity index (χ0v) is 9.93. The van der Waals surface area contributed by atoms with Crippen LogP contribution in [0.3, 0.4) is 0 Å². The van der Waals surface area contributed by atoms with E-state index in [4.69, 9.17) is 9.84 Å². The predicted octanol–water partition coefficient (Wildman–Crippen LogP) is 2.81. The van der Waals surface area contributed by atoms with Crippen molar-refractivity contribution in [2.45, 2.75) is 20.8 Å². The topological polar surface area (TPSA) is 46.5 Å². The minimum Gasteiger partial charge on any atom is -0.493 e. The first-order valence-electron chi connectivity index (χ1n) is 5.32. The molecule has 0 fully saturated rings. The first-order valence-corrected chi connectivity index (χ1v) is 5.32. The van der Waals surface area contributed by atoms with Crippen molar-refractivity contribution in [1.82, 2.24) is 0 Å². The molecule has 1 aromatic rings. The third kappa shape index (κ3) is 3.57. The second-order valence-electron chi connectivity index (χ2n) is 4.88. The molecular weight excluding hydrogens is 204 g/mol. The molecule has 3 nitrogen and oxygen atoms in total. The molecule has 1 N–H and O–H groups in total. The van der Waals surface area contributed by atoms with Crippen LogP contribution >= 0.6 is 0 Å². The molecule has 1 aromatic carbocycles. The molecule has 0 spiro atoms. The van der Waals surface area contributed by atoms with Crippen LogP contribution in [0.2, 0.25) is 0 Å². The van der Waals surface area contributed by atoms with Crippen molar-refractivity contribution < 1.29 is 14.6 Å². The molecule has 1 atom stereocenters. The van der Waals surface area contributed by atoms with Crippen molar-refractivity contribution in [2.75, 3.05) is 6.61 Å². The van der Waals surface area contributed by atoms with Gasteiger partial charge in [-0.15, -0.1) is 0 Å². The molecular formula is C13H18O3. The number of carbonyl (C=O) groups is 1. The summed E-state index contributed by atoms with van der Waals surface area (Å²) >= 11 is 0. The summed E-state index contributed by atoms with van der Waals surface area (Å²) in [4.78, 5) is 11.1. The summed E-state index contributed by atoms with van der Waals surface area (Å²) in [7, 11) is 0. The average molecular weight is 222 g/mol. The highest BCUT2D eigenvalue weighted by Crippen LogP contribution is 2.26. The van der Waals surface area contributed by atoms with Crippen LogP contribution in [0.1, 0.15) is 20.8 Å². The fraction of sp³-hybridized carbons (Fsp3) is 0.462. The van der Waals surface area contributed by atoms with Gasteiger partial charge < -0.3 is 9.84 Å². The molecule has 1 unspecified atom stereocenters. The van der Waals surface area contributed by atoms with E-state index in [9.17, 15) is 4.79 Å². The molecule has 0 bridgehead atoms. The van der Waals surface area contributed by atoms with Gasteiger partial charge in [-0.3, -0.25) is 4.79 Å². The number of carboxylic acids is 1. The largest absolute Gasteiger partial charge is 0.493 e. The van der Waals surface area contributed by atoms with E-state index in [2.05, 4.69) is 0 Å². The van der Waals surface area contributed by atoms with Gasteiger partial charge in [0.15, 0.2) is 0 Å². The van der Waals surface area contributed by atoms with E-state index in [1.54, 1.807) is 0 Å². The molecule has 0 aliphatic rings. The molecule has 0 saturated carbocycles. The lowest BCUT2D eigenvalue weighted by Crippen LogP contribution is -2.33. The summed E-state index contributed by atoms with van der Waals surface area (Å²) in [5, 5.41) is 9.11. The lowest BCUT2D eigenvalue weighted by Gasteiger charge is -2.26. The van der Waals surface area contributed by atoms with Gasteiger partial charge in [0.1, 0.15) is 12.4 Å². The summed E-state index contributed by atoms with van der Waals surface area (Å²) in [6, 6.07) is 9.26. The van der Waals surface area contributed by atoms with Gasteiger partial charge >= 0.3 is 5.97 Å². The van der Waals surface area contributed by atoms with E-state index in [0.717, 1.165) is 0 Å². The van der Waals surface area contributed by atoms with Gasteiger partial charge in [0.05, 0.1) is 5.92 Å². The van der Waals surface area contributed by atoms with Crippen LogP contribution in [-0.2, 0) is 4.79 Å². The predicted molar refractivity (Wildman–Crippen MR) is 62.5 cm³/mol. The highest BCUT2D eigenvalue weighted by atomic mass is 16.5. The Balaban J connectivity index is 2.62. The molecule has 0 heterocycles. The molecule has 1 rings (SSSR count). The quantitative estimate of drug-likeness (QED) is 0.852. The van der Waals surface area contributed by atoms with Crippen molar-refractivity contribution in [3.05, 3.63) is 30.3 Å². The number of benzene rings is 1. The van der Waals surface area contributed by atoms with Crippen LogP contribution in [0, 0.1) is 11.3 Å². The van der Waals surface area contributed by atoms with Crippen molar-refractivity contribution in [2.24, 2.45) is 11.3 Å². The number of ether oxygens (including phenoxy) is 1. The minimum absolute atomic E-state index is 0.197. The maximum atomic E-state index is 11.1. The standard InChI is InChI=1S/C13H18O3/c1-13(2,3)11(12(14)15)9-16-10-7-5-4-6-8-10/h4-8,11H,9H2,1-3H3,(H,14,15). The van der Waals surface area contributed by atoms with Gasteiger partial charge in [-0.05, 0) is 17.5 Å². The first kappa shape index (κ1) is 12.6. The second-order valence-corrected chi connectivity index (χ2v) is 4.88. The minimum atomic E-state index is -0.816. The van der Waals surface area contributed by atoms with Crippen LogP contribution in [0.5, 0.6) is 5.75 Å². The van der Waals surface area contributed by atoms with E-state index in [1.807, 2.05) is 51.1 Å². The summed E-state index contributed by atoms with van der Waals surface area (Å²) in [6.07, 6.45) is 0. The summed E-state index contributed by atoms with van der Waals surface area (Å²) < 4.78 is 5.48. The Morgan fingerprint density at radius 1 is 1.31 bits per heavy atom. The Hall–Kier alpha value is -1.51. The van der Waals surface area contributed by atoms with Crippen LogP contribution in [0.25, 0.3) is 0 Å². The Morgan fingerprint density at radius 2 is 1.88 bits per heavy atom. The van der Waals surface area contributed by atoms with Gasteiger partial charge in [-0.25, -0.2) is 0 Å². The van der Waals surface area contributed by atoms with Crippen molar-refractivity contribution in [1.29, 1.82) is 0 Å². The summed E-state index contributed by atoms with van der Waals surface area (Å²) in [5.74, 6) is -0.617. The Morgan fingerprint density at radius 3 is 2.31 bits per heavy atom. The monoisotopic (exact) mass is 222 g/mol. The third-order valence-electron chi connectivity index (χ3n) is 2.50. The number of aliphatic carboxylic acids is 1. The lowest BCUT2D eigenvalue weighted by molar-refractivity contribution is -0.146. The highest BCUT2D eigenvalue weighted by Gasteiger charge is 2.31. The number of para-hydroxylation sites is 1. The molecule has 0 amide bonds. The van der Waals surface area contributed by atoms with E-state index in [0.29, 0.717) is 5.75 Å². The molecule has 0 aliphatic carbocycles. The molecule has 0 aromatic heterocycles. The lowest BCUT2D eigenvalue weighted by atomic mass is 9.81. The number of hydrogen-bond donors (Lipinski definition) is 1. The van der Waals surface area contributed by atoms with Gasteiger partial charge in [-0.1, -0.05) is 39.0 Å². The number of hydrogen-bond acceptors (Lipinski definition) is 2. The number of carboxylic acid groups (broad SMARTS) is 1. The van der Waals surface area contributed by atoms with Crippen molar-refractivity contribution in [3.8, 4) is 5.75 Å². The smallest absolute Gasteiger partial charge is 0.310 e. The SMILES string of the molecule is CC(C)(C)C(COc1ccccc1)C(=O)O. The molecule has 0 radical (unpaired) electrons. The molecule has 0 aliphatic heterocycles. The van der Waals surface area contributed by atoms with E-state index < -0.39 is 11.9 Å². The van der Waals surface area contributed by atoms with Crippen LogP contribution in [0.4, 0.5) is 0 Å². The normalized spacial score (nSPS) is 13.2. The first-order chi connectivity index (χ1) is 7.41. The number of rotatable bonds is 4. The second kappa shape index (κ2) is 5.01. The van der Waals surface area contributed by atoms with Gasteiger partial charge in [0.2, 0.25) is 0 Å². The van der Waals surface area contributed by atoms with Crippen LogP contribution < -0.4 is 4.74 Å². The van der Waals surface area contributed by atoms with Gasteiger partial charge in [-0.2, -0.15) is 0 Å². The van der Waals surface area contributed by atoms with Crippen LogP contribution in [-0.4, -0.2) is 17.7 Å². The fourth-order valence-corrected chi connectivity index (χ4v) is 1.39. The van der Waals surface area contributed by atoms with Crippen molar-refractivity contribution >= 4 is 5.97 Å².